The number of rotatable bonds is 9. The number of nitrogens with zero attached hydrogens (tertiary/aromatic N) is 2. The molecule has 0 aliphatic carbocycles. The maximum Gasteiger partial charge on any atom is 0.164 e. The number of ketones is 1. The summed E-state index contributed by atoms with van der Waals surface area (Å²) in [6.07, 6.45) is 6.94. The normalized spacial score (nSPS) is 16.6. The van der Waals surface area contributed by atoms with Gasteiger partial charge in [-0.3, -0.25) is 4.79 Å². The summed E-state index contributed by atoms with van der Waals surface area (Å²) >= 11 is 0. The molecule has 3 heteroatoms. The fraction of sp³-hybridized carbons (Fsp3) is 0.650. The molecule has 0 bridgehead atoms. The third-order valence-corrected chi connectivity index (χ3v) is 4.85. The third kappa shape index (κ3) is 6.44. The Morgan fingerprint density at radius 3 is 2.35 bits per heavy atom. The molecule has 1 heterocycles. The summed E-state index contributed by atoms with van der Waals surface area (Å²) < 4.78 is 0. The van der Waals surface area contributed by atoms with E-state index in [0.717, 1.165) is 44.7 Å². The minimum absolute atomic E-state index is 0.279. The second-order valence-corrected chi connectivity index (χ2v) is 6.83. The van der Waals surface area contributed by atoms with Crippen molar-refractivity contribution >= 4 is 5.78 Å². The Morgan fingerprint density at radius 2 is 1.70 bits per heavy atom. The largest absolute Gasteiger partial charge is 0.304 e. The van der Waals surface area contributed by atoms with Gasteiger partial charge in [0.1, 0.15) is 0 Å². The number of carbonyl (C=O) groups is 1. The average molecular weight is 316 g/mol. The zero-order chi connectivity index (χ0) is 16.5. The van der Waals surface area contributed by atoms with Gasteiger partial charge in [-0.2, -0.15) is 0 Å². The molecule has 0 unspecified atom stereocenters. The molecule has 2 rings (SSSR count). The summed E-state index contributed by atoms with van der Waals surface area (Å²) in [5.41, 5.74) is 2.23. The van der Waals surface area contributed by atoms with Gasteiger partial charge >= 0.3 is 0 Å². The van der Waals surface area contributed by atoms with E-state index in [9.17, 15) is 4.79 Å². The van der Waals surface area contributed by atoms with Crippen molar-refractivity contribution in [1.82, 2.24) is 9.80 Å². The van der Waals surface area contributed by atoms with Crippen LogP contribution >= 0.6 is 0 Å². The summed E-state index contributed by atoms with van der Waals surface area (Å²) in [6, 6.07) is 8.30. The first-order valence-electron chi connectivity index (χ1n) is 9.22. The van der Waals surface area contributed by atoms with Gasteiger partial charge < -0.3 is 9.80 Å². The topological polar surface area (TPSA) is 23.6 Å². The van der Waals surface area contributed by atoms with E-state index in [1.165, 1.54) is 31.2 Å². The molecule has 3 nitrogen and oxygen atoms in total. The van der Waals surface area contributed by atoms with E-state index in [1.54, 1.807) is 0 Å². The van der Waals surface area contributed by atoms with Gasteiger partial charge in [0.05, 0.1) is 0 Å². The summed E-state index contributed by atoms with van der Waals surface area (Å²) in [5.74, 6) is 0.279. The van der Waals surface area contributed by atoms with E-state index in [1.807, 2.05) is 12.1 Å². The van der Waals surface area contributed by atoms with Gasteiger partial charge in [-0.25, -0.2) is 0 Å². The Labute approximate surface area is 141 Å². The minimum Gasteiger partial charge on any atom is -0.304 e. The second kappa shape index (κ2) is 9.84. The molecule has 0 N–H and O–H groups in total. The molecule has 1 aliphatic rings. The number of unbranched alkanes of at least 4 members (excludes halogenated alkanes) is 3. The minimum atomic E-state index is 0.279. The van der Waals surface area contributed by atoms with Gasteiger partial charge in [-0.1, -0.05) is 50.5 Å². The van der Waals surface area contributed by atoms with Crippen molar-refractivity contribution < 1.29 is 4.79 Å². The van der Waals surface area contributed by atoms with Gasteiger partial charge in [0, 0.05) is 44.7 Å². The first-order valence-corrected chi connectivity index (χ1v) is 9.22. The number of carbonyl (C=O) groups excluding carboxylic acids is 1. The van der Waals surface area contributed by atoms with Crippen LogP contribution < -0.4 is 0 Å². The van der Waals surface area contributed by atoms with Crippen LogP contribution in [0.15, 0.2) is 24.3 Å². The fourth-order valence-corrected chi connectivity index (χ4v) is 3.09. The first-order chi connectivity index (χ1) is 11.2. The van der Waals surface area contributed by atoms with E-state index >= 15 is 0 Å². The highest BCUT2D eigenvalue weighted by Crippen LogP contribution is 2.12. The second-order valence-electron chi connectivity index (χ2n) is 6.83. The quantitative estimate of drug-likeness (QED) is 0.513. The van der Waals surface area contributed by atoms with E-state index in [2.05, 4.69) is 35.9 Å². The highest BCUT2D eigenvalue weighted by Gasteiger charge is 2.15. The number of benzene rings is 1. The van der Waals surface area contributed by atoms with Crippen LogP contribution in [-0.2, 0) is 6.42 Å². The molecule has 1 aliphatic heterocycles. The predicted molar refractivity (Wildman–Crippen MR) is 97.2 cm³/mol. The van der Waals surface area contributed by atoms with Crippen molar-refractivity contribution in [1.29, 1.82) is 0 Å². The van der Waals surface area contributed by atoms with Crippen molar-refractivity contribution in [2.24, 2.45) is 0 Å². The highest BCUT2D eigenvalue weighted by atomic mass is 16.1. The van der Waals surface area contributed by atoms with Crippen molar-refractivity contribution in [3.05, 3.63) is 35.4 Å². The Hall–Kier alpha value is -1.19. The lowest BCUT2D eigenvalue weighted by Crippen LogP contribution is -2.45. The zero-order valence-corrected chi connectivity index (χ0v) is 14.9. The molecule has 0 amide bonds. The molecule has 1 aromatic carbocycles. The Kier molecular flexibility index (Phi) is 7.77. The molecular weight excluding hydrogens is 284 g/mol. The molecule has 0 spiro atoms. The molecule has 128 valence electrons. The number of likely N-dealkylation sites (N-methyl/N-ethyl adjacent to an activating group) is 1. The van der Waals surface area contributed by atoms with Crippen LogP contribution in [0, 0.1) is 0 Å². The number of hydrogen-bond acceptors (Lipinski definition) is 3. The van der Waals surface area contributed by atoms with Crippen LogP contribution in [-0.4, -0.2) is 55.4 Å². The lowest BCUT2D eigenvalue weighted by Gasteiger charge is -2.32. The van der Waals surface area contributed by atoms with Gasteiger partial charge in [-0.05, 0) is 25.5 Å². The van der Waals surface area contributed by atoms with Gasteiger partial charge in [0.2, 0.25) is 0 Å². The predicted octanol–water partition coefficient (Wildman–Crippen LogP) is 3.63. The lowest BCUT2D eigenvalue weighted by atomic mass is 10.0. The van der Waals surface area contributed by atoms with Crippen molar-refractivity contribution in [3.8, 4) is 0 Å². The SMILES string of the molecule is CCCCCCc1ccc(C(=O)CCN2CCN(C)CC2)cc1. The molecule has 0 atom stereocenters. The van der Waals surface area contributed by atoms with Crippen molar-refractivity contribution in [2.45, 2.75) is 45.4 Å². The van der Waals surface area contributed by atoms with Crippen LogP contribution in [0.4, 0.5) is 0 Å². The molecule has 0 saturated carbocycles. The summed E-state index contributed by atoms with van der Waals surface area (Å²) in [7, 11) is 2.16. The van der Waals surface area contributed by atoms with Gasteiger partial charge in [0.15, 0.2) is 5.78 Å². The Morgan fingerprint density at radius 1 is 1.00 bits per heavy atom. The van der Waals surface area contributed by atoms with E-state index in [0.29, 0.717) is 6.42 Å². The zero-order valence-electron chi connectivity index (χ0n) is 14.9. The van der Waals surface area contributed by atoms with Crippen LogP contribution in [0.3, 0.4) is 0 Å². The summed E-state index contributed by atoms with van der Waals surface area (Å²) in [6.45, 7) is 7.52. The molecular formula is C20H32N2O. The standard InChI is InChI=1S/C20H32N2O/c1-3-4-5-6-7-18-8-10-19(11-9-18)20(23)12-13-22-16-14-21(2)15-17-22/h8-11H,3-7,12-17H2,1-2H3. The molecule has 1 saturated heterocycles. The Balaban J connectivity index is 1.72. The smallest absolute Gasteiger partial charge is 0.164 e. The molecule has 0 radical (unpaired) electrons. The van der Waals surface area contributed by atoms with E-state index < -0.39 is 0 Å². The van der Waals surface area contributed by atoms with E-state index in [4.69, 9.17) is 0 Å². The van der Waals surface area contributed by atoms with Crippen LogP contribution in [0.1, 0.15) is 54.9 Å². The molecule has 23 heavy (non-hydrogen) atoms. The van der Waals surface area contributed by atoms with Crippen LogP contribution in [0.2, 0.25) is 0 Å². The monoisotopic (exact) mass is 316 g/mol. The number of aryl methyl sites for hydroxylation is 1. The molecule has 1 fully saturated rings. The maximum atomic E-state index is 12.3. The van der Waals surface area contributed by atoms with Crippen LogP contribution in [0.5, 0.6) is 0 Å². The highest BCUT2D eigenvalue weighted by molar-refractivity contribution is 5.96. The Bertz CT molecular complexity index is 461. The lowest BCUT2D eigenvalue weighted by molar-refractivity contribution is 0.0942. The fourth-order valence-electron chi connectivity index (χ4n) is 3.09. The third-order valence-electron chi connectivity index (χ3n) is 4.85. The maximum absolute atomic E-state index is 12.3. The summed E-state index contributed by atoms with van der Waals surface area (Å²) in [5, 5.41) is 0. The average Bonchev–Trinajstić information content (AvgIpc) is 2.58. The van der Waals surface area contributed by atoms with Crippen LogP contribution in [0.25, 0.3) is 0 Å². The number of piperazine rings is 1. The molecule has 1 aromatic rings. The van der Waals surface area contributed by atoms with Crippen molar-refractivity contribution in [2.75, 3.05) is 39.8 Å². The van der Waals surface area contributed by atoms with Crippen molar-refractivity contribution in [3.63, 3.8) is 0 Å². The van der Waals surface area contributed by atoms with Gasteiger partial charge in [0.25, 0.3) is 0 Å². The number of hydrogen-bond donors (Lipinski definition) is 0. The van der Waals surface area contributed by atoms with E-state index in [-0.39, 0.29) is 5.78 Å². The number of Topliss-reactive ketones (excluding diaryl/α,β-unsaturated/α-hetero) is 1. The first kappa shape index (κ1) is 18.2. The summed E-state index contributed by atoms with van der Waals surface area (Å²) in [4.78, 5) is 17.1. The molecule has 0 aromatic heterocycles. The van der Waals surface area contributed by atoms with Gasteiger partial charge in [-0.15, -0.1) is 0 Å².